The van der Waals surface area contributed by atoms with Crippen LogP contribution in [0.25, 0.3) is 0 Å². The summed E-state index contributed by atoms with van der Waals surface area (Å²) in [6, 6.07) is 6.16. The normalized spacial score (nSPS) is 11.8. The van der Waals surface area contributed by atoms with Gasteiger partial charge in [-0.2, -0.15) is 4.68 Å². The number of hydrogen-bond acceptors (Lipinski definition) is 7. The first kappa shape index (κ1) is 17.5. The molecule has 1 aromatic heterocycles. The van der Waals surface area contributed by atoms with E-state index in [2.05, 4.69) is 15.5 Å². The number of carbonyl (C=O) groups excluding carboxylic acids is 2. The van der Waals surface area contributed by atoms with Crippen LogP contribution in [-0.4, -0.2) is 31.9 Å². The van der Waals surface area contributed by atoms with Gasteiger partial charge >= 0.3 is 0 Å². The minimum absolute atomic E-state index is 0.136. The molecule has 1 aromatic carbocycles. The van der Waals surface area contributed by atoms with Crippen molar-refractivity contribution in [3.8, 4) is 0 Å². The van der Waals surface area contributed by atoms with E-state index in [1.165, 1.54) is 19.1 Å². The van der Waals surface area contributed by atoms with Crippen LogP contribution in [0.5, 0.6) is 0 Å². The summed E-state index contributed by atoms with van der Waals surface area (Å²) in [5, 5.41) is 9.77. The van der Waals surface area contributed by atoms with Gasteiger partial charge in [0, 0.05) is 11.3 Å². The van der Waals surface area contributed by atoms with E-state index in [9.17, 15) is 14.4 Å². The Morgan fingerprint density at radius 1 is 1.25 bits per heavy atom. The molecule has 0 saturated heterocycles. The van der Waals surface area contributed by atoms with Gasteiger partial charge in [0.1, 0.15) is 5.69 Å². The van der Waals surface area contributed by atoms with Crippen molar-refractivity contribution in [2.45, 2.75) is 24.3 Å². The first-order valence-electron chi connectivity index (χ1n) is 6.88. The Hall–Kier alpha value is -2.88. The minimum Gasteiger partial charge on any atom is -0.366 e. The SMILES string of the molecule is Cc1nnc(S[C@H](C)C(=O)Nc2ccc(C(N)=O)cc2)n(N)c1=O. The summed E-state index contributed by atoms with van der Waals surface area (Å²) < 4.78 is 0.860. The number of hydrogen-bond donors (Lipinski definition) is 3. The van der Waals surface area contributed by atoms with Crippen molar-refractivity contribution in [2.75, 3.05) is 11.2 Å². The average Bonchev–Trinajstić information content (AvgIpc) is 2.55. The summed E-state index contributed by atoms with van der Waals surface area (Å²) >= 11 is 1.01. The monoisotopic (exact) mass is 348 g/mol. The highest BCUT2D eigenvalue weighted by Crippen LogP contribution is 2.20. The standard InChI is InChI=1S/C14H16N6O3S/c1-7-13(23)20(16)14(19-18-7)24-8(2)12(22)17-10-5-3-9(4-6-10)11(15)21/h3-6,8H,16H2,1-2H3,(H2,15,21)(H,17,22)/t8-/m1/s1. The molecule has 0 saturated carbocycles. The van der Waals surface area contributed by atoms with E-state index < -0.39 is 16.7 Å². The van der Waals surface area contributed by atoms with Crippen molar-refractivity contribution in [1.82, 2.24) is 14.9 Å². The topological polar surface area (TPSA) is 146 Å². The predicted octanol–water partition coefficient (Wildman–Crippen LogP) is -0.121. The van der Waals surface area contributed by atoms with Crippen molar-refractivity contribution >= 4 is 29.3 Å². The van der Waals surface area contributed by atoms with Crippen LogP contribution >= 0.6 is 11.8 Å². The molecule has 1 heterocycles. The lowest BCUT2D eigenvalue weighted by atomic mass is 10.2. The maximum atomic E-state index is 12.2. The molecule has 126 valence electrons. The molecular formula is C14H16N6O3S. The van der Waals surface area contributed by atoms with Crippen LogP contribution in [0.15, 0.2) is 34.2 Å². The number of benzene rings is 1. The lowest BCUT2D eigenvalue weighted by Gasteiger charge is -2.13. The number of amides is 2. The van der Waals surface area contributed by atoms with E-state index in [1.54, 1.807) is 19.1 Å². The highest BCUT2D eigenvalue weighted by molar-refractivity contribution is 8.00. The molecule has 0 unspecified atom stereocenters. The maximum Gasteiger partial charge on any atom is 0.294 e. The molecule has 2 rings (SSSR count). The Morgan fingerprint density at radius 3 is 2.46 bits per heavy atom. The first-order valence-corrected chi connectivity index (χ1v) is 7.76. The molecule has 5 N–H and O–H groups in total. The van der Waals surface area contributed by atoms with Gasteiger partial charge in [-0.1, -0.05) is 11.8 Å². The van der Waals surface area contributed by atoms with Gasteiger partial charge in [-0.15, -0.1) is 10.2 Å². The zero-order valence-corrected chi connectivity index (χ0v) is 13.8. The lowest BCUT2D eigenvalue weighted by molar-refractivity contribution is -0.115. The van der Waals surface area contributed by atoms with Crippen LogP contribution < -0.4 is 22.5 Å². The molecule has 10 heteroatoms. The Kier molecular flexibility index (Phi) is 5.19. The Labute approximate surface area is 141 Å². The van der Waals surface area contributed by atoms with Crippen molar-refractivity contribution in [1.29, 1.82) is 0 Å². The molecule has 2 aromatic rings. The van der Waals surface area contributed by atoms with Crippen molar-refractivity contribution in [3.63, 3.8) is 0 Å². The van der Waals surface area contributed by atoms with Gasteiger partial charge in [0.15, 0.2) is 0 Å². The largest absolute Gasteiger partial charge is 0.366 e. The predicted molar refractivity (Wildman–Crippen MR) is 90.1 cm³/mol. The molecule has 0 fully saturated rings. The van der Waals surface area contributed by atoms with Gasteiger partial charge < -0.3 is 16.9 Å². The number of primary amides is 1. The highest BCUT2D eigenvalue weighted by Gasteiger charge is 2.18. The van der Waals surface area contributed by atoms with Crippen LogP contribution in [0.1, 0.15) is 23.0 Å². The number of nitrogen functional groups attached to an aromatic ring is 1. The molecule has 1 atom stereocenters. The number of nitrogens with two attached hydrogens (primary N) is 2. The van der Waals surface area contributed by atoms with E-state index in [0.29, 0.717) is 11.3 Å². The fourth-order valence-corrected chi connectivity index (χ4v) is 2.49. The number of nitrogens with zero attached hydrogens (tertiary/aromatic N) is 3. The smallest absolute Gasteiger partial charge is 0.294 e. The quantitative estimate of drug-likeness (QED) is 0.504. The zero-order valence-electron chi connectivity index (χ0n) is 13.0. The Bertz CT molecular complexity index is 833. The summed E-state index contributed by atoms with van der Waals surface area (Å²) in [6.45, 7) is 3.14. The fraction of sp³-hybridized carbons (Fsp3) is 0.214. The van der Waals surface area contributed by atoms with Crippen molar-refractivity contribution in [2.24, 2.45) is 5.73 Å². The molecule has 0 spiro atoms. The lowest BCUT2D eigenvalue weighted by Crippen LogP contribution is -2.33. The number of rotatable bonds is 5. The Morgan fingerprint density at radius 2 is 1.88 bits per heavy atom. The molecule has 0 aliphatic rings. The van der Waals surface area contributed by atoms with Crippen LogP contribution in [0.2, 0.25) is 0 Å². The van der Waals surface area contributed by atoms with Gasteiger partial charge in [-0.05, 0) is 38.1 Å². The zero-order chi connectivity index (χ0) is 17.9. The number of nitrogens with one attached hydrogen (secondary N) is 1. The van der Waals surface area contributed by atoms with Gasteiger partial charge in [-0.25, -0.2) is 0 Å². The van der Waals surface area contributed by atoms with E-state index in [4.69, 9.17) is 11.6 Å². The third kappa shape index (κ3) is 3.90. The van der Waals surface area contributed by atoms with Crippen LogP contribution in [-0.2, 0) is 4.79 Å². The maximum absolute atomic E-state index is 12.2. The fourth-order valence-electron chi connectivity index (χ4n) is 1.72. The highest BCUT2D eigenvalue weighted by atomic mass is 32.2. The number of carbonyl (C=O) groups is 2. The van der Waals surface area contributed by atoms with Gasteiger partial charge in [-0.3, -0.25) is 14.4 Å². The van der Waals surface area contributed by atoms with Crippen LogP contribution in [0.3, 0.4) is 0 Å². The number of anilines is 1. The van der Waals surface area contributed by atoms with Gasteiger partial charge in [0.05, 0.1) is 5.25 Å². The third-order valence-corrected chi connectivity index (χ3v) is 4.17. The minimum atomic E-state index is -0.577. The molecule has 0 bridgehead atoms. The molecule has 0 aliphatic heterocycles. The summed E-state index contributed by atoms with van der Waals surface area (Å²) in [5.74, 6) is 4.77. The summed E-state index contributed by atoms with van der Waals surface area (Å²) in [4.78, 5) is 34.9. The molecule has 2 amide bonds. The van der Waals surface area contributed by atoms with E-state index in [-0.39, 0.29) is 16.8 Å². The molecule has 24 heavy (non-hydrogen) atoms. The van der Waals surface area contributed by atoms with Crippen LogP contribution in [0.4, 0.5) is 5.69 Å². The first-order chi connectivity index (χ1) is 11.3. The molecule has 0 aliphatic carbocycles. The van der Waals surface area contributed by atoms with E-state index in [0.717, 1.165) is 16.4 Å². The summed E-state index contributed by atoms with van der Waals surface area (Å²) in [7, 11) is 0. The second-order valence-electron chi connectivity index (χ2n) is 4.93. The number of aryl methyl sites for hydroxylation is 1. The molecule has 9 nitrogen and oxygen atoms in total. The Balaban J connectivity index is 2.06. The van der Waals surface area contributed by atoms with Gasteiger partial charge in [0.25, 0.3) is 5.56 Å². The molecular weight excluding hydrogens is 332 g/mol. The summed E-state index contributed by atoms with van der Waals surface area (Å²) in [5.41, 5.74) is 5.71. The average molecular weight is 348 g/mol. The van der Waals surface area contributed by atoms with Crippen LogP contribution in [0, 0.1) is 6.92 Å². The number of aromatic nitrogens is 3. The van der Waals surface area contributed by atoms with E-state index >= 15 is 0 Å². The third-order valence-electron chi connectivity index (χ3n) is 3.11. The van der Waals surface area contributed by atoms with Crippen molar-refractivity contribution < 1.29 is 9.59 Å². The second kappa shape index (κ2) is 7.13. The number of thioether (sulfide) groups is 1. The molecule has 0 radical (unpaired) electrons. The second-order valence-corrected chi connectivity index (χ2v) is 6.24. The summed E-state index contributed by atoms with van der Waals surface area (Å²) in [6.07, 6.45) is 0. The van der Waals surface area contributed by atoms with Crippen molar-refractivity contribution in [3.05, 3.63) is 45.9 Å². The van der Waals surface area contributed by atoms with Gasteiger partial charge in [0.2, 0.25) is 17.0 Å². The van der Waals surface area contributed by atoms with E-state index in [1.807, 2.05) is 0 Å².